The van der Waals surface area contributed by atoms with Gasteiger partial charge in [0, 0.05) is 0 Å². The Balaban J connectivity index is 2.66. The van der Waals surface area contributed by atoms with E-state index in [2.05, 4.69) is 13.8 Å². The summed E-state index contributed by atoms with van der Waals surface area (Å²) in [6.07, 6.45) is 12.1. The van der Waals surface area contributed by atoms with Gasteiger partial charge in [0.25, 0.3) is 0 Å². The summed E-state index contributed by atoms with van der Waals surface area (Å²) < 4.78 is 0. The molecule has 1 unspecified atom stereocenters. The number of rotatable bonds is 13. The molecule has 0 saturated carbocycles. The molecular weight excluding hydrogens is 284 g/mol. The third-order valence-corrected chi connectivity index (χ3v) is 4.90. The van der Waals surface area contributed by atoms with E-state index in [1.54, 1.807) is 0 Å². The molecule has 1 aromatic carbocycles. The van der Waals surface area contributed by atoms with E-state index in [4.69, 9.17) is 0 Å². The molecule has 0 aliphatic heterocycles. The molecule has 0 aromatic heterocycles. The van der Waals surface area contributed by atoms with Crippen molar-refractivity contribution >= 4 is 5.97 Å². The molecule has 23 heavy (non-hydrogen) atoms. The van der Waals surface area contributed by atoms with Crippen LogP contribution in [0, 0.1) is 0 Å². The Morgan fingerprint density at radius 1 is 0.826 bits per heavy atom. The van der Waals surface area contributed by atoms with Crippen molar-refractivity contribution in [2.45, 2.75) is 89.9 Å². The molecule has 0 radical (unpaired) electrons. The molecule has 1 N–H and O–H groups in total. The zero-order chi connectivity index (χ0) is 17.0. The summed E-state index contributed by atoms with van der Waals surface area (Å²) in [5.74, 6) is -0.650. The van der Waals surface area contributed by atoms with Crippen molar-refractivity contribution in [3.8, 4) is 0 Å². The van der Waals surface area contributed by atoms with E-state index in [9.17, 15) is 9.90 Å². The van der Waals surface area contributed by atoms with Crippen molar-refractivity contribution in [1.29, 1.82) is 0 Å². The normalized spacial score (nSPS) is 13.7. The highest BCUT2D eigenvalue weighted by Gasteiger charge is 2.38. The van der Waals surface area contributed by atoms with Gasteiger partial charge in [0.1, 0.15) is 0 Å². The monoisotopic (exact) mass is 318 g/mol. The molecular formula is C21H34O2. The lowest BCUT2D eigenvalue weighted by Gasteiger charge is -2.30. The first-order chi connectivity index (χ1) is 11.2. The van der Waals surface area contributed by atoms with Crippen molar-refractivity contribution in [2.24, 2.45) is 0 Å². The Morgan fingerprint density at radius 3 is 1.91 bits per heavy atom. The Kier molecular flexibility index (Phi) is 9.66. The predicted octanol–water partition coefficient (Wildman–Crippen LogP) is 6.34. The zero-order valence-electron chi connectivity index (χ0n) is 15.0. The molecule has 0 saturated heterocycles. The summed E-state index contributed by atoms with van der Waals surface area (Å²) in [6.45, 7) is 4.36. The van der Waals surface area contributed by atoms with Crippen LogP contribution in [-0.4, -0.2) is 11.1 Å². The fourth-order valence-corrected chi connectivity index (χ4v) is 3.37. The number of unbranched alkanes of at least 4 members (excludes halogenated alkanes) is 7. The van der Waals surface area contributed by atoms with Crippen LogP contribution in [0.1, 0.15) is 90.0 Å². The zero-order valence-corrected chi connectivity index (χ0v) is 15.0. The average Bonchev–Trinajstić information content (AvgIpc) is 2.57. The van der Waals surface area contributed by atoms with E-state index in [0.717, 1.165) is 44.1 Å². The largest absolute Gasteiger partial charge is 0.481 e. The standard InChI is InChI=1S/C21H34O2/c1-3-5-7-8-9-10-14-18-21(20(22)23,17-6-4-2)19-15-12-11-13-16-19/h11-13,15-16H,3-10,14,17-18H2,1-2H3,(H,22,23). The smallest absolute Gasteiger partial charge is 0.314 e. The van der Waals surface area contributed by atoms with Crippen LogP contribution in [0.25, 0.3) is 0 Å². The van der Waals surface area contributed by atoms with Crippen molar-refractivity contribution < 1.29 is 9.90 Å². The van der Waals surface area contributed by atoms with Gasteiger partial charge in [-0.25, -0.2) is 0 Å². The van der Waals surface area contributed by atoms with E-state index >= 15 is 0 Å². The van der Waals surface area contributed by atoms with Gasteiger partial charge in [0.15, 0.2) is 0 Å². The lowest BCUT2D eigenvalue weighted by atomic mass is 9.72. The first-order valence-corrected chi connectivity index (χ1v) is 9.46. The van der Waals surface area contributed by atoms with Gasteiger partial charge in [0.05, 0.1) is 5.41 Å². The van der Waals surface area contributed by atoms with Gasteiger partial charge in [-0.1, -0.05) is 102 Å². The maximum Gasteiger partial charge on any atom is 0.314 e. The fourth-order valence-electron chi connectivity index (χ4n) is 3.37. The van der Waals surface area contributed by atoms with Crippen LogP contribution in [0.2, 0.25) is 0 Å². The van der Waals surface area contributed by atoms with Gasteiger partial charge in [0.2, 0.25) is 0 Å². The Hall–Kier alpha value is -1.31. The molecule has 2 heteroatoms. The molecule has 130 valence electrons. The Bertz CT molecular complexity index is 427. The van der Waals surface area contributed by atoms with E-state index in [0.29, 0.717) is 0 Å². The molecule has 0 bridgehead atoms. The summed E-state index contributed by atoms with van der Waals surface area (Å²) >= 11 is 0. The summed E-state index contributed by atoms with van der Waals surface area (Å²) in [5, 5.41) is 9.98. The highest BCUT2D eigenvalue weighted by molar-refractivity contribution is 5.81. The van der Waals surface area contributed by atoms with Crippen molar-refractivity contribution in [2.75, 3.05) is 0 Å². The molecule has 0 amide bonds. The minimum atomic E-state index is -0.694. The second-order valence-electron chi connectivity index (χ2n) is 6.73. The number of benzene rings is 1. The number of carboxylic acid groups (broad SMARTS) is 1. The van der Waals surface area contributed by atoms with E-state index < -0.39 is 11.4 Å². The quantitative estimate of drug-likeness (QED) is 0.431. The van der Waals surface area contributed by atoms with Crippen LogP contribution in [0.5, 0.6) is 0 Å². The molecule has 1 rings (SSSR count). The lowest BCUT2D eigenvalue weighted by molar-refractivity contribution is -0.144. The number of hydrogen-bond acceptors (Lipinski definition) is 1. The second kappa shape index (κ2) is 11.3. The predicted molar refractivity (Wildman–Crippen MR) is 97.9 cm³/mol. The van der Waals surface area contributed by atoms with Crippen molar-refractivity contribution in [3.63, 3.8) is 0 Å². The molecule has 0 aliphatic carbocycles. The fraction of sp³-hybridized carbons (Fsp3) is 0.667. The third kappa shape index (κ3) is 6.37. The van der Waals surface area contributed by atoms with Crippen LogP contribution in [0.4, 0.5) is 0 Å². The van der Waals surface area contributed by atoms with E-state index in [1.165, 1.54) is 32.1 Å². The maximum atomic E-state index is 12.1. The van der Waals surface area contributed by atoms with Crippen LogP contribution in [-0.2, 0) is 10.2 Å². The summed E-state index contributed by atoms with van der Waals surface area (Å²) in [4.78, 5) is 12.1. The summed E-state index contributed by atoms with van der Waals surface area (Å²) in [6, 6.07) is 9.87. The molecule has 0 fully saturated rings. The Morgan fingerprint density at radius 2 is 1.35 bits per heavy atom. The second-order valence-corrected chi connectivity index (χ2v) is 6.73. The SMILES string of the molecule is CCCCCCCCCC(CCCC)(C(=O)O)c1ccccc1. The highest BCUT2D eigenvalue weighted by atomic mass is 16.4. The topological polar surface area (TPSA) is 37.3 Å². The first kappa shape index (κ1) is 19.7. The molecule has 0 heterocycles. The molecule has 2 nitrogen and oxygen atoms in total. The van der Waals surface area contributed by atoms with Gasteiger partial charge < -0.3 is 5.11 Å². The lowest BCUT2D eigenvalue weighted by Crippen LogP contribution is -2.36. The van der Waals surface area contributed by atoms with Crippen LogP contribution in [0.15, 0.2) is 30.3 Å². The number of carbonyl (C=O) groups is 1. The summed E-state index contributed by atoms with van der Waals surface area (Å²) in [7, 11) is 0. The molecule has 1 aromatic rings. The maximum absolute atomic E-state index is 12.1. The third-order valence-electron chi connectivity index (χ3n) is 4.90. The number of hydrogen-bond donors (Lipinski definition) is 1. The van der Waals surface area contributed by atoms with Crippen molar-refractivity contribution in [3.05, 3.63) is 35.9 Å². The molecule has 1 atom stereocenters. The van der Waals surface area contributed by atoms with Crippen LogP contribution < -0.4 is 0 Å². The van der Waals surface area contributed by atoms with Gasteiger partial charge in [-0.3, -0.25) is 4.79 Å². The number of carboxylic acids is 1. The minimum absolute atomic E-state index is 0.650. The Labute approximate surface area is 142 Å². The molecule has 0 spiro atoms. The van der Waals surface area contributed by atoms with Gasteiger partial charge in [-0.15, -0.1) is 0 Å². The first-order valence-electron chi connectivity index (χ1n) is 9.46. The van der Waals surface area contributed by atoms with Gasteiger partial charge in [-0.2, -0.15) is 0 Å². The average molecular weight is 319 g/mol. The van der Waals surface area contributed by atoms with Gasteiger partial charge >= 0.3 is 5.97 Å². The van der Waals surface area contributed by atoms with Crippen LogP contribution in [0.3, 0.4) is 0 Å². The minimum Gasteiger partial charge on any atom is -0.481 e. The molecule has 0 aliphatic rings. The van der Waals surface area contributed by atoms with Crippen molar-refractivity contribution in [1.82, 2.24) is 0 Å². The van der Waals surface area contributed by atoms with Gasteiger partial charge in [-0.05, 0) is 18.4 Å². The van der Waals surface area contributed by atoms with E-state index in [1.807, 2.05) is 30.3 Å². The van der Waals surface area contributed by atoms with Crippen LogP contribution >= 0.6 is 0 Å². The summed E-state index contributed by atoms with van der Waals surface area (Å²) in [5.41, 5.74) is 0.285. The highest BCUT2D eigenvalue weighted by Crippen LogP contribution is 2.36. The van der Waals surface area contributed by atoms with E-state index in [-0.39, 0.29) is 0 Å². The number of aliphatic carboxylic acids is 1.